The SMILES string of the molecule is CCC1(C)NC(=O)c2ccccc2N(C)C1=O. The van der Waals surface area contributed by atoms with E-state index < -0.39 is 5.54 Å². The minimum atomic E-state index is -0.829. The van der Waals surface area contributed by atoms with Crippen LogP contribution in [0.4, 0.5) is 5.69 Å². The Morgan fingerprint density at radius 1 is 1.29 bits per heavy atom. The molecular formula is C13H16N2O2. The summed E-state index contributed by atoms with van der Waals surface area (Å²) in [5.74, 6) is -0.277. The predicted octanol–water partition coefficient (Wildman–Crippen LogP) is 1.56. The molecule has 0 radical (unpaired) electrons. The van der Waals surface area contributed by atoms with E-state index in [2.05, 4.69) is 5.32 Å². The van der Waals surface area contributed by atoms with Crippen LogP contribution in [0.5, 0.6) is 0 Å². The van der Waals surface area contributed by atoms with Gasteiger partial charge in [0.25, 0.3) is 11.8 Å². The van der Waals surface area contributed by atoms with Crippen molar-refractivity contribution in [1.82, 2.24) is 5.32 Å². The highest BCUT2D eigenvalue weighted by Crippen LogP contribution is 2.27. The molecule has 1 N–H and O–H groups in total. The van der Waals surface area contributed by atoms with Gasteiger partial charge in [0.15, 0.2) is 0 Å². The number of carbonyl (C=O) groups is 2. The number of rotatable bonds is 1. The Bertz CT molecular complexity index is 484. The second-order valence-electron chi connectivity index (χ2n) is 4.52. The molecule has 0 spiro atoms. The highest BCUT2D eigenvalue weighted by atomic mass is 16.2. The average molecular weight is 232 g/mol. The van der Waals surface area contributed by atoms with Crippen LogP contribution in [0.1, 0.15) is 30.6 Å². The second-order valence-corrected chi connectivity index (χ2v) is 4.52. The van der Waals surface area contributed by atoms with Gasteiger partial charge in [-0.25, -0.2) is 0 Å². The number of para-hydroxylation sites is 1. The normalized spacial score (nSPS) is 24.1. The Kier molecular flexibility index (Phi) is 2.65. The smallest absolute Gasteiger partial charge is 0.254 e. The van der Waals surface area contributed by atoms with Crippen molar-refractivity contribution < 1.29 is 9.59 Å². The summed E-state index contributed by atoms with van der Waals surface area (Å²) in [4.78, 5) is 26.0. The van der Waals surface area contributed by atoms with Crippen molar-refractivity contribution in [1.29, 1.82) is 0 Å². The molecule has 1 aromatic carbocycles. The van der Waals surface area contributed by atoms with Crippen LogP contribution in [0.2, 0.25) is 0 Å². The fraction of sp³-hybridized carbons (Fsp3) is 0.385. The third-order valence-electron chi connectivity index (χ3n) is 3.38. The molecular weight excluding hydrogens is 216 g/mol. The summed E-state index contributed by atoms with van der Waals surface area (Å²) in [6.45, 7) is 3.65. The van der Waals surface area contributed by atoms with E-state index in [-0.39, 0.29) is 11.8 Å². The van der Waals surface area contributed by atoms with Crippen molar-refractivity contribution in [2.45, 2.75) is 25.8 Å². The molecule has 0 saturated carbocycles. The van der Waals surface area contributed by atoms with Crippen molar-refractivity contribution in [2.75, 3.05) is 11.9 Å². The molecule has 90 valence electrons. The van der Waals surface area contributed by atoms with Crippen LogP contribution in [0.15, 0.2) is 24.3 Å². The third-order valence-corrected chi connectivity index (χ3v) is 3.38. The number of benzene rings is 1. The van der Waals surface area contributed by atoms with E-state index in [0.717, 1.165) is 0 Å². The summed E-state index contributed by atoms with van der Waals surface area (Å²) >= 11 is 0. The lowest BCUT2D eigenvalue weighted by molar-refractivity contribution is -0.123. The molecule has 4 heteroatoms. The van der Waals surface area contributed by atoms with Crippen molar-refractivity contribution in [2.24, 2.45) is 0 Å². The lowest BCUT2D eigenvalue weighted by atomic mass is 9.97. The Morgan fingerprint density at radius 3 is 2.59 bits per heavy atom. The monoisotopic (exact) mass is 232 g/mol. The zero-order valence-corrected chi connectivity index (χ0v) is 10.3. The molecule has 1 aliphatic heterocycles. The van der Waals surface area contributed by atoms with E-state index in [1.165, 1.54) is 0 Å². The number of anilines is 1. The molecule has 2 rings (SSSR count). The van der Waals surface area contributed by atoms with Gasteiger partial charge in [-0.1, -0.05) is 19.1 Å². The average Bonchev–Trinajstić information content (AvgIpc) is 2.42. The van der Waals surface area contributed by atoms with Gasteiger partial charge in [-0.3, -0.25) is 9.59 Å². The number of fused-ring (bicyclic) bond motifs is 1. The Hall–Kier alpha value is -1.84. The van der Waals surface area contributed by atoms with Crippen LogP contribution in [0, 0.1) is 0 Å². The lowest BCUT2D eigenvalue weighted by Crippen LogP contribution is -2.54. The van der Waals surface area contributed by atoms with E-state index in [1.807, 2.05) is 13.0 Å². The molecule has 1 atom stereocenters. The molecule has 0 fully saturated rings. The first-order chi connectivity index (χ1) is 7.99. The first-order valence-corrected chi connectivity index (χ1v) is 5.69. The molecule has 0 aromatic heterocycles. The molecule has 1 unspecified atom stereocenters. The van der Waals surface area contributed by atoms with Crippen molar-refractivity contribution >= 4 is 17.5 Å². The maximum Gasteiger partial charge on any atom is 0.254 e. The standard InChI is InChI=1S/C13H16N2O2/c1-4-13(2)12(17)15(3)10-8-6-5-7-9(10)11(16)14-13/h5-8H,4H2,1-3H3,(H,14,16). The topological polar surface area (TPSA) is 49.4 Å². The van der Waals surface area contributed by atoms with Crippen molar-refractivity contribution in [3.05, 3.63) is 29.8 Å². The maximum absolute atomic E-state index is 12.3. The van der Waals surface area contributed by atoms with Crippen LogP contribution in [0.25, 0.3) is 0 Å². The second kappa shape index (κ2) is 3.87. The number of carbonyl (C=O) groups excluding carboxylic acids is 2. The number of likely N-dealkylation sites (N-methyl/N-ethyl adjacent to an activating group) is 1. The molecule has 4 nitrogen and oxygen atoms in total. The van der Waals surface area contributed by atoms with E-state index in [4.69, 9.17) is 0 Å². The van der Waals surface area contributed by atoms with Crippen molar-refractivity contribution in [3.8, 4) is 0 Å². The van der Waals surface area contributed by atoms with Gasteiger partial charge in [0, 0.05) is 7.05 Å². The number of hydrogen-bond donors (Lipinski definition) is 1. The van der Waals surface area contributed by atoms with Gasteiger partial charge in [-0.05, 0) is 25.5 Å². The molecule has 17 heavy (non-hydrogen) atoms. The molecule has 1 aliphatic rings. The largest absolute Gasteiger partial charge is 0.338 e. The summed E-state index contributed by atoms with van der Waals surface area (Å²) in [6.07, 6.45) is 0.565. The van der Waals surface area contributed by atoms with Gasteiger partial charge >= 0.3 is 0 Å². The van der Waals surface area contributed by atoms with Crippen LogP contribution in [0.3, 0.4) is 0 Å². The van der Waals surface area contributed by atoms with E-state index >= 15 is 0 Å². The zero-order chi connectivity index (χ0) is 12.6. The molecule has 0 saturated heterocycles. The zero-order valence-electron chi connectivity index (χ0n) is 10.3. The highest BCUT2D eigenvalue weighted by Gasteiger charge is 2.39. The minimum Gasteiger partial charge on any atom is -0.338 e. The fourth-order valence-corrected chi connectivity index (χ4v) is 2.05. The van der Waals surface area contributed by atoms with Crippen LogP contribution in [-0.4, -0.2) is 24.4 Å². The van der Waals surface area contributed by atoms with Crippen molar-refractivity contribution in [3.63, 3.8) is 0 Å². The number of nitrogens with one attached hydrogen (secondary N) is 1. The molecule has 1 aromatic rings. The highest BCUT2D eigenvalue weighted by molar-refractivity contribution is 6.12. The maximum atomic E-state index is 12.3. The first-order valence-electron chi connectivity index (χ1n) is 5.69. The summed E-state index contributed by atoms with van der Waals surface area (Å²) in [6, 6.07) is 7.14. The predicted molar refractivity (Wildman–Crippen MR) is 66.0 cm³/mol. The summed E-state index contributed by atoms with van der Waals surface area (Å²) < 4.78 is 0. The Morgan fingerprint density at radius 2 is 1.94 bits per heavy atom. The summed E-state index contributed by atoms with van der Waals surface area (Å²) in [5, 5.41) is 2.81. The molecule has 0 bridgehead atoms. The van der Waals surface area contributed by atoms with Gasteiger partial charge < -0.3 is 10.2 Å². The quantitative estimate of drug-likeness (QED) is 0.798. The Labute approximate surface area is 101 Å². The summed E-state index contributed by atoms with van der Waals surface area (Å²) in [7, 11) is 1.70. The van der Waals surface area contributed by atoms with E-state index in [9.17, 15) is 9.59 Å². The van der Waals surface area contributed by atoms with Gasteiger partial charge in [-0.15, -0.1) is 0 Å². The fourth-order valence-electron chi connectivity index (χ4n) is 2.05. The van der Waals surface area contributed by atoms with Gasteiger partial charge in [0.2, 0.25) is 0 Å². The number of amides is 2. The van der Waals surface area contributed by atoms with E-state index in [0.29, 0.717) is 17.7 Å². The molecule has 1 heterocycles. The van der Waals surface area contributed by atoms with Crippen LogP contribution >= 0.6 is 0 Å². The first kappa shape index (κ1) is 11.6. The van der Waals surface area contributed by atoms with Crippen LogP contribution in [-0.2, 0) is 4.79 Å². The summed E-state index contributed by atoms with van der Waals surface area (Å²) in [5.41, 5.74) is 0.373. The number of nitrogens with zero attached hydrogens (tertiary/aromatic N) is 1. The van der Waals surface area contributed by atoms with Gasteiger partial charge in [-0.2, -0.15) is 0 Å². The molecule has 2 amide bonds. The van der Waals surface area contributed by atoms with E-state index in [1.54, 1.807) is 37.1 Å². The van der Waals surface area contributed by atoms with Gasteiger partial charge in [0.1, 0.15) is 5.54 Å². The van der Waals surface area contributed by atoms with Gasteiger partial charge in [0.05, 0.1) is 11.3 Å². The lowest BCUT2D eigenvalue weighted by Gasteiger charge is -2.29. The Balaban J connectivity index is 2.58. The number of hydrogen-bond acceptors (Lipinski definition) is 2. The molecule has 0 aliphatic carbocycles. The minimum absolute atomic E-state index is 0.0849. The van der Waals surface area contributed by atoms with Crippen LogP contribution < -0.4 is 10.2 Å². The third kappa shape index (κ3) is 1.69.